The minimum Gasteiger partial charge on any atom is -0.314 e. The number of nitrogens with zero attached hydrogens (tertiary/aromatic N) is 3. The first kappa shape index (κ1) is 12.6. The minimum atomic E-state index is 0.504. The van der Waals surface area contributed by atoms with Gasteiger partial charge in [-0.25, -0.2) is 0 Å². The van der Waals surface area contributed by atoms with Gasteiger partial charge in [0.2, 0.25) is 0 Å². The van der Waals surface area contributed by atoms with Crippen LogP contribution in [0.1, 0.15) is 38.9 Å². The molecule has 4 heteroatoms. The van der Waals surface area contributed by atoms with Gasteiger partial charge in [0.25, 0.3) is 0 Å². The van der Waals surface area contributed by atoms with Gasteiger partial charge in [-0.05, 0) is 26.3 Å². The predicted molar refractivity (Wildman–Crippen MR) is 70.0 cm³/mol. The molecule has 0 aromatic carbocycles. The van der Waals surface area contributed by atoms with Gasteiger partial charge in [-0.2, -0.15) is 5.10 Å². The minimum absolute atomic E-state index is 0.504. The van der Waals surface area contributed by atoms with E-state index >= 15 is 0 Å². The van der Waals surface area contributed by atoms with Crippen LogP contribution in [0.15, 0.2) is 12.3 Å². The highest BCUT2D eigenvalue weighted by molar-refractivity contribution is 5.00. The Labute approximate surface area is 104 Å². The number of nitrogens with one attached hydrogen (secondary N) is 1. The second-order valence-electron chi connectivity index (χ2n) is 5.07. The van der Waals surface area contributed by atoms with Crippen LogP contribution in [0, 0.1) is 0 Å². The molecular formula is C13H24N4. The van der Waals surface area contributed by atoms with Crippen LogP contribution in [0.5, 0.6) is 0 Å². The quantitative estimate of drug-likeness (QED) is 0.863. The van der Waals surface area contributed by atoms with E-state index in [2.05, 4.69) is 53.0 Å². The van der Waals surface area contributed by atoms with Crippen molar-refractivity contribution in [1.29, 1.82) is 0 Å². The lowest BCUT2D eigenvalue weighted by Crippen LogP contribution is -2.49. The Kier molecular flexibility index (Phi) is 4.18. The molecule has 0 aliphatic carbocycles. The molecule has 1 N–H and O–H groups in total. The normalized spacial score (nSPS) is 23.8. The fraction of sp³-hybridized carbons (Fsp3) is 0.769. The van der Waals surface area contributed by atoms with Crippen LogP contribution >= 0.6 is 0 Å². The summed E-state index contributed by atoms with van der Waals surface area (Å²) < 4.78 is 2.09. The molecule has 96 valence electrons. The highest BCUT2D eigenvalue weighted by Crippen LogP contribution is 2.12. The molecular weight excluding hydrogens is 212 g/mol. The second-order valence-corrected chi connectivity index (χ2v) is 5.07. The van der Waals surface area contributed by atoms with Gasteiger partial charge >= 0.3 is 0 Å². The second kappa shape index (κ2) is 5.65. The molecule has 1 aliphatic rings. The van der Waals surface area contributed by atoms with Gasteiger partial charge in [0, 0.05) is 44.5 Å². The summed E-state index contributed by atoms with van der Waals surface area (Å²) >= 11 is 0. The molecule has 0 amide bonds. The molecule has 0 bridgehead atoms. The van der Waals surface area contributed by atoms with Crippen molar-refractivity contribution >= 4 is 0 Å². The maximum absolute atomic E-state index is 4.66. The van der Waals surface area contributed by atoms with Gasteiger partial charge in [-0.1, -0.05) is 6.92 Å². The third-order valence-electron chi connectivity index (χ3n) is 3.71. The van der Waals surface area contributed by atoms with Crippen molar-refractivity contribution in [2.75, 3.05) is 19.6 Å². The Balaban J connectivity index is 1.96. The molecule has 0 spiro atoms. The van der Waals surface area contributed by atoms with Crippen molar-refractivity contribution in [3.8, 4) is 0 Å². The summed E-state index contributed by atoms with van der Waals surface area (Å²) in [5.41, 5.74) is 1.19. The summed E-state index contributed by atoms with van der Waals surface area (Å²) in [6, 6.07) is 3.27. The molecule has 0 radical (unpaired) electrons. The Bertz CT molecular complexity index is 347. The monoisotopic (exact) mass is 236 g/mol. The number of piperazine rings is 1. The molecule has 4 nitrogen and oxygen atoms in total. The van der Waals surface area contributed by atoms with Crippen LogP contribution in [0.25, 0.3) is 0 Å². The zero-order chi connectivity index (χ0) is 12.3. The zero-order valence-corrected chi connectivity index (χ0v) is 11.2. The predicted octanol–water partition coefficient (Wildman–Crippen LogP) is 1.65. The lowest BCUT2D eigenvalue weighted by Gasteiger charge is -2.33. The number of hydrogen-bond donors (Lipinski definition) is 1. The summed E-state index contributed by atoms with van der Waals surface area (Å²) in [4.78, 5) is 2.50. The summed E-state index contributed by atoms with van der Waals surface area (Å²) in [5, 5.41) is 8.08. The van der Waals surface area contributed by atoms with E-state index in [0.717, 1.165) is 32.6 Å². The average Bonchev–Trinajstić information content (AvgIpc) is 2.80. The molecule has 17 heavy (non-hydrogen) atoms. The van der Waals surface area contributed by atoms with Crippen LogP contribution in [0.3, 0.4) is 0 Å². The number of rotatable bonds is 4. The van der Waals surface area contributed by atoms with Gasteiger partial charge in [0.1, 0.15) is 0 Å². The van der Waals surface area contributed by atoms with Crippen molar-refractivity contribution in [1.82, 2.24) is 20.0 Å². The maximum Gasteiger partial charge on any atom is 0.0765 e. The average molecular weight is 236 g/mol. The lowest BCUT2D eigenvalue weighted by atomic mass is 10.2. The van der Waals surface area contributed by atoms with E-state index in [1.54, 1.807) is 0 Å². The first-order chi connectivity index (χ1) is 8.20. The van der Waals surface area contributed by atoms with E-state index in [4.69, 9.17) is 0 Å². The molecule has 2 unspecified atom stereocenters. The molecule has 0 saturated carbocycles. The highest BCUT2D eigenvalue weighted by atomic mass is 15.3. The van der Waals surface area contributed by atoms with E-state index < -0.39 is 0 Å². The molecule has 2 atom stereocenters. The van der Waals surface area contributed by atoms with E-state index in [9.17, 15) is 0 Å². The zero-order valence-electron chi connectivity index (χ0n) is 11.2. The Morgan fingerprint density at radius 3 is 3.12 bits per heavy atom. The topological polar surface area (TPSA) is 33.1 Å². The SMILES string of the molecule is CCC(C)n1ccc(CN2CCNCC2C)n1. The largest absolute Gasteiger partial charge is 0.314 e. The molecule has 1 aliphatic heterocycles. The molecule has 2 heterocycles. The third-order valence-corrected chi connectivity index (χ3v) is 3.71. The Morgan fingerprint density at radius 2 is 2.41 bits per heavy atom. The fourth-order valence-electron chi connectivity index (χ4n) is 2.22. The van der Waals surface area contributed by atoms with Gasteiger partial charge in [0.15, 0.2) is 0 Å². The van der Waals surface area contributed by atoms with E-state index in [1.165, 1.54) is 5.69 Å². The summed E-state index contributed by atoms with van der Waals surface area (Å²) in [7, 11) is 0. The van der Waals surface area contributed by atoms with Gasteiger partial charge < -0.3 is 5.32 Å². The van der Waals surface area contributed by atoms with E-state index in [1.807, 2.05) is 0 Å². The smallest absolute Gasteiger partial charge is 0.0765 e. The summed E-state index contributed by atoms with van der Waals surface area (Å²) in [6.07, 6.45) is 3.24. The Morgan fingerprint density at radius 1 is 1.59 bits per heavy atom. The number of hydrogen-bond acceptors (Lipinski definition) is 3. The molecule has 2 rings (SSSR count). The van der Waals surface area contributed by atoms with Crippen molar-refractivity contribution in [3.63, 3.8) is 0 Å². The van der Waals surface area contributed by atoms with Crippen LogP contribution in [-0.2, 0) is 6.54 Å². The molecule has 1 saturated heterocycles. The van der Waals surface area contributed by atoms with Crippen LogP contribution in [0.4, 0.5) is 0 Å². The van der Waals surface area contributed by atoms with Gasteiger partial charge in [0.05, 0.1) is 5.69 Å². The maximum atomic E-state index is 4.66. The van der Waals surface area contributed by atoms with Crippen molar-refractivity contribution < 1.29 is 0 Å². The highest BCUT2D eigenvalue weighted by Gasteiger charge is 2.18. The molecule has 1 aromatic heterocycles. The molecule has 1 fully saturated rings. The van der Waals surface area contributed by atoms with E-state index in [0.29, 0.717) is 12.1 Å². The van der Waals surface area contributed by atoms with Crippen molar-refractivity contribution in [2.24, 2.45) is 0 Å². The standard InChI is InChI=1S/C13H24N4/c1-4-11(2)17-7-5-13(15-17)10-16-8-6-14-9-12(16)3/h5,7,11-12,14H,4,6,8-10H2,1-3H3. The van der Waals surface area contributed by atoms with Crippen LogP contribution in [-0.4, -0.2) is 40.4 Å². The Hall–Kier alpha value is -0.870. The summed E-state index contributed by atoms with van der Waals surface area (Å²) in [5.74, 6) is 0. The van der Waals surface area contributed by atoms with Gasteiger partial charge in [-0.15, -0.1) is 0 Å². The van der Waals surface area contributed by atoms with Crippen molar-refractivity contribution in [2.45, 2.75) is 45.8 Å². The first-order valence-corrected chi connectivity index (χ1v) is 6.69. The van der Waals surface area contributed by atoms with Crippen LogP contribution < -0.4 is 5.32 Å². The summed E-state index contributed by atoms with van der Waals surface area (Å²) in [6.45, 7) is 11.0. The third kappa shape index (κ3) is 3.07. The van der Waals surface area contributed by atoms with Crippen molar-refractivity contribution in [3.05, 3.63) is 18.0 Å². The van der Waals surface area contributed by atoms with Gasteiger partial charge in [-0.3, -0.25) is 9.58 Å². The van der Waals surface area contributed by atoms with Crippen LogP contribution in [0.2, 0.25) is 0 Å². The fourth-order valence-corrected chi connectivity index (χ4v) is 2.22. The lowest BCUT2D eigenvalue weighted by molar-refractivity contribution is 0.163. The van der Waals surface area contributed by atoms with E-state index in [-0.39, 0.29) is 0 Å². The first-order valence-electron chi connectivity index (χ1n) is 6.69. The molecule has 1 aromatic rings. The number of aromatic nitrogens is 2.